The Morgan fingerprint density at radius 1 is 1.40 bits per heavy atom. The maximum Gasteiger partial charge on any atom is 0.234 e. The number of nitrogens with one attached hydrogen (secondary N) is 1. The standard InChI is InChI=1S/C16H27N3O/c1-5-19(11-16(20)18-12(2)3)15(10-17)14-8-6-7-13(4)9-14/h6-9,12,15H,5,10-11,17H2,1-4H3,(H,18,20). The Kier molecular flexibility index (Phi) is 6.68. The molecule has 0 aliphatic carbocycles. The minimum atomic E-state index is 0.0490. The van der Waals surface area contributed by atoms with Crippen molar-refractivity contribution < 1.29 is 4.79 Å². The molecule has 0 radical (unpaired) electrons. The summed E-state index contributed by atoms with van der Waals surface area (Å²) in [5, 5.41) is 2.93. The SMILES string of the molecule is CCN(CC(=O)NC(C)C)C(CN)c1cccc(C)c1. The summed E-state index contributed by atoms with van der Waals surface area (Å²) >= 11 is 0. The molecular weight excluding hydrogens is 250 g/mol. The predicted octanol–water partition coefficient (Wildman–Crippen LogP) is 1.84. The highest BCUT2D eigenvalue weighted by molar-refractivity contribution is 5.78. The van der Waals surface area contributed by atoms with Crippen LogP contribution >= 0.6 is 0 Å². The molecule has 1 unspecified atom stereocenters. The van der Waals surface area contributed by atoms with Gasteiger partial charge in [0.1, 0.15) is 0 Å². The van der Waals surface area contributed by atoms with E-state index in [-0.39, 0.29) is 18.0 Å². The minimum Gasteiger partial charge on any atom is -0.353 e. The lowest BCUT2D eigenvalue weighted by Crippen LogP contribution is -2.43. The van der Waals surface area contributed by atoms with Crippen LogP contribution in [0.2, 0.25) is 0 Å². The van der Waals surface area contributed by atoms with Crippen LogP contribution in [0.5, 0.6) is 0 Å². The van der Waals surface area contributed by atoms with Crippen molar-refractivity contribution in [2.24, 2.45) is 5.73 Å². The van der Waals surface area contributed by atoms with Gasteiger partial charge in [0.25, 0.3) is 0 Å². The fraction of sp³-hybridized carbons (Fsp3) is 0.562. The topological polar surface area (TPSA) is 58.4 Å². The highest BCUT2D eigenvalue weighted by Crippen LogP contribution is 2.20. The van der Waals surface area contributed by atoms with E-state index in [1.165, 1.54) is 11.1 Å². The van der Waals surface area contributed by atoms with Gasteiger partial charge in [-0.2, -0.15) is 0 Å². The fourth-order valence-electron chi connectivity index (χ4n) is 2.37. The molecule has 0 saturated heterocycles. The summed E-state index contributed by atoms with van der Waals surface area (Å²) < 4.78 is 0. The van der Waals surface area contributed by atoms with E-state index >= 15 is 0 Å². The quantitative estimate of drug-likeness (QED) is 0.799. The zero-order valence-corrected chi connectivity index (χ0v) is 13.0. The number of carbonyl (C=O) groups excluding carboxylic acids is 1. The molecule has 0 aliphatic rings. The predicted molar refractivity (Wildman–Crippen MR) is 83.5 cm³/mol. The lowest BCUT2D eigenvalue weighted by Gasteiger charge is -2.30. The second-order valence-corrected chi connectivity index (χ2v) is 5.45. The lowest BCUT2D eigenvalue weighted by molar-refractivity contribution is -0.123. The van der Waals surface area contributed by atoms with Crippen molar-refractivity contribution in [3.8, 4) is 0 Å². The molecule has 3 N–H and O–H groups in total. The Morgan fingerprint density at radius 3 is 2.60 bits per heavy atom. The number of rotatable bonds is 7. The molecule has 0 fully saturated rings. The summed E-state index contributed by atoms with van der Waals surface area (Å²) in [6, 6.07) is 8.57. The summed E-state index contributed by atoms with van der Waals surface area (Å²) in [5.74, 6) is 0.0490. The molecule has 0 bridgehead atoms. The van der Waals surface area contributed by atoms with Crippen LogP contribution in [0, 0.1) is 6.92 Å². The first kappa shape index (κ1) is 16.7. The Morgan fingerprint density at radius 2 is 2.10 bits per heavy atom. The first-order valence-electron chi connectivity index (χ1n) is 7.28. The zero-order valence-electron chi connectivity index (χ0n) is 13.0. The number of aryl methyl sites for hydroxylation is 1. The average Bonchev–Trinajstić information content (AvgIpc) is 2.37. The molecule has 1 atom stereocenters. The second-order valence-electron chi connectivity index (χ2n) is 5.45. The number of nitrogens with two attached hydrogens (primary N) is 1. The molecule has 0 saturated carbocycles. The molecule has 20 heavy (non-hydrogen) atoms. The third kappa shape index (κ3) is 4.94. The summed E-state index contributed by atoms with van der Waals surface area (Å²) in [4.78, 5) is 14.1. The van der Waals surface area contributed by atoms with Crippen LogP contribution in [0.4, 0.5) is 0 Å². The molecule has 112 valence electrons. The van der Waals surface area contributed by atoms with E-state index in [2.05, 4.69) is 42.3 Å². The largest absolute Gasteiger partial charge is 0.353 e. The van der Waals surface area contributed by atoms with Gasteiger partial charge in [0, 0.05) is 18.6 Å². The Hall–Kier alpha value is -1.39. The number of hydrogen-bond donors (Lipinski definition) is 2. The minimum absolute atomic E-state index is 0.0490. The van der Waals surface area contributed by atoms with Gasteiger partial charge in [-0.25, -0.2) is 0 Å². The van der Waals surface area contributed by atoms with Gasteiger partial charge in [-0.1, -0.05) is 36.8 Å². The summed E-state index contributed by atoms with van der Waals surface area (Å²) in [7, 11) is 0. The number of carbonyl (C=O) groups is 1. The van der Waals surface area contributed by atoms with Gasteiger partial charge in [-0.3, -0.25) is 9.69 Å². The van der Waals surface area contributed by atoms with Crippen molar-refractivity contribution in [1.29, 1.82) is 0 Å². The van der Waals surface area contributed by atoms with Crippen molar-refractivity contribution in [3.05, 3.63) is 35.4 Å². The van der Waals surface area contributed by atoms with Gasteiger partial charge >= 0.3 is 0 Å². The molecule has 4 heteroatoms. The van der Waals surface area contributed by atoms with Gasteiger partial charge < -0.3 is 11.1 Å². The molecule has 0 heterocycles. The fourth-order valence-corrected chi connectivity index (χ4v) is 2.37. The van der Waals surface area contributed by atoms with Crippen LogP contribution in [-0.2, 0) is 4.79 Å². The van der Waals surface area contributed by atoms with Gasteiger partial charge in [-0.05, 0) is 32.9 Å². The zero-order chi connectivity index (χ0) is 15.1. The van der Waals surface area contributed by atoms with Crippen molar-refractivity contribution in [3.63, 3.8) is 0 Å². The Balaban J connectivity index is 2.82. The van der Waals surface area contributed by atoms with E-state index in [9.17, 15) is 4.79 Å². The number of nitrogens with zero attached hydrogens (tertiary/aromatic N) is 1. The first-order chi connectivity index (χ1) is 9.47. The monoisotopic (exact) mass is 277 g/mol. The van der Waals surface area contributed by atoms with E-state index < -0.39 is 0 Å². The molecule has 4 nitrogen and oxygen atoms in total. The summed E-state index contributed by atoms with van der Waals surface area (Å²) in [6.07, 6.45) is 0. The molecule has 1 amide bonds. The van der Waals surface area contributed by atoms with Crippen LogP contribution in [-0.4, -0.2) is 36.5 Å². The molecule has 0 spiro atoms. The van der Waals surface area contributed by atoms with Crippen molar-refractivity contribution in [2.45, 2.75) is 39.8 Å². The molecule has 1 aromatic carbocycles. The summed E-state index contributed by atoms with van der Waals surface area (Å²) in [6.45, 7) is 9.74. The van der Waals surface area contributed by atoms with Crippen LogP contribution in [0.25, 0.3) is 0 Å². The highest BCUT2D eigenvalue weighted by Gasteiger charge is 2.20. The van der Waals surface area contributed by atoms with Crippen LogP contribution in [0.3, 0.4) is 0 Å². The summed E-state index contributed by atoms with van der Waals surface area (Å²) in [5.41, 5.74) is 8.32. The number of hydrogen-bond acceptors (Lipinski definition) is 3. The van der Waals surface area contributed by atoms with Crippen LogP contribution in [0.1, 0.15) is 37.9 Å². The van der Waals surface area contributed by atoms with Crippen molar-refractivity contribution >= 4 is 5.91 Å². The number of likely N-dealkylation sites (N-methyl/N-ethyl adjacent to an activating group) is 1. The van der Waals surface area contributed by atoms with Gasteiger partial charge in [0.2, 0.25) is 5.91 Å². The van der Waals surface area contributed by atoms with Gasteiger partial charge in [-0.15, -0.1) is 0 Å². The number of benzene rings is 1. The molecule has 1 aromatic rings. The molecule has 0 aliphatic heterocycles. The van der Waals surface area contributed by atoms with E-state index in [4.69, 9.17) is 5.73 Å². The van der Waals surface area contributed by atoms with Crippen LogP contribution in [0.15, 0.2) is 24.3 Å². The smallest absolute Gasteiger partial charge is 0.234 e. The third-order valence-corrected chi connectivity index (χ3v) is 3.29. The van der Waals surface area contributed by atoms with Crippen LogP contribution < -0.4 is 11.1 Å². The second kappa shape index (κ2) is 8.02. The lowest BCUT2D eigenvalue weighted by atomic mass is 10.0. The normalized spacial score (nSPS) is 12.8. The van der Waals surface area contributed by atoms with E-state index in [0.717, 1.165) is 6.54 Å². The average molecular weight is 277 g/mol. The van der Waals surface area contributed by atoms with Gasteiger partial charge in [0.05, 0.1) is 6.54 Å². The maximum atomic E-state index is 11.9. The van der Waals surface area contributed by atoms with Crippen molar-refractivity contribution in [1.82, 2.24) is 10.2 Å². The third-order valence-electron chi connectivity index (χ3n) is 3.29. The molecule has 1 rings (SSSR count). The van der Waals surface area contributed by atoms with E-state index in [1.54, 1.807) is 0 Å². The van der Waals surface area contributed by atoms with Gasteiger partial charge in [0.15, 0.2) is 0 Å². The maximum absolute atomic E-state index is 11.9. The van der Waals surface area contributed by atoms with E-state index in [1.807, 2.05) is 19.9 Å². The molecule has 0 aromatic heterocycles. The highest BCUT2D eigenvalue weighted by atomic mass is 16.2. The molecular formula is C16H27N3O. The first-order valence-corrected chi connectivity index (χ1v) is 7.28. The van der Waals surface area contributed by atoms with E-state index in [0.29, 0.717) is 13.1 Å². The Labute approximate surface area is 122 Å². The number of amides is 1. The van der Waals surface area contributed by atoms with Crippen molar-refractivity contribution in [2.75, 3.05) is 19.6 Å². The Bertz CT molecular complexity index is 431.